The number of hydrogen-bond acceptors (Lipinski definition) is 7. The zero-order valence-electron chi connectivity index (χ0n) is 31.5. The number of thiophene rings is 1. The monoisotopic (exact) mass is 727 g/mol. The average molecular weight is 728 g/mol. The first kappa shape index (κ1) is 38.0. The lowest BCUT2D eigenvalue weighted by atomic mass is 9.72. The quantitative estimate of drug-likeness (QED) is 0.205. The molecule has 2 aliphatic heterocycles. The maximum atomic E-state index is 14.0. The Bertz CT molecular complexity index is 1650. The zero-order valence-corrected chi connectivity index (χ0v) is 32.3. The molecule has 3 aliphatic rings. The van der Waals surface area contributed by atoms with Gasteiger partial charge in [-0.2, -0.15) is 0 Å². The van der Waals surface area contributed by atoms with Crippen LogP contribution in [0.2, 0.25) is 0 Å². The standard InChI is InChI=1S/C42H57N5O4S/c1-5-8-28-10-14-30(15-11-28)31-20-23-46(24-21-31)33-26-43-38(44-27-33)32-16-12-29(13-17-32)25-34(40(49)47-22-7-6-9-35(47)41(50)51)45-39(48)36-18-19-37(52-36)42(2,3)4/h12-13,16-19,26-28,30-31,34-35H,5-11,14-15,20-25H2,1-4H3,(H,45,48)(H,50,51)/t28-,30-,34-,35-/m0/s1. The van der Waals surface area contributed by atoms with Crippen molar-refractivity contribution in [2.24, 2.45) is 17.8 Å². The van der Waals surface area contributed by atoms with Crippen molar-refractivity contribution in [2.75, 3.05) is 24.5 Å². The minimum Gasteiger partial charge on any atom is -0.480 e. The molecule has 2 amide bonds. The first-order valence-electron chi connectivity index (χ1n) is 19.6. The van der Waals surface area contributed by atoms with E-state index in [4.69, 9.17) is 9.97 Å². The number of nitrogens with zero attached hydrogens (tertiary/aromatic N) is 4. The molecule has 4 heterocycles. The molecule has 0 spiro atoms. The molecule has 2 N–H and O–H groups in total. The zero-order chi connectivity index (χ0) is 36.8. The number of amides is 2. The van der Waals surface area contributed by atoms with Crippen molar-refractivity contribution in [1.82, 2.24) is 20.2 Å². The number of anilines is 1. The molecule has 1 aliphatic carbocycles. The van der Waals surface area contributed by atoms with Crippen molar-refractivity contribution < 1.29 is 19.5 Å². The van der Waals surface area contributed by atoms with Crippen LogP contribution >= 0.6 is 11.3 Å². The lowest BCUT2D eigenvalue weighted by molar-refractivity contribution is -0.152. The van der Waals surface area contributed by atoms with Gasteiger partial charge in [-0.25, -0.2) is 14.8 Å². The van der Waals surface area contributed by atoms with E-state index in [2.05, 4.69) is 37.9 Å². The van der Waals surface area contributed by atoms with E-state index in [9.17, 15) is 19.5 Å². The van der Waals surface area contributed by atoms with Crippen LogP contribution in [-0.2, 0) is 21.4 Å². The van der Waals surface area contributed by atoms with Gasteiger partial charge in [-0.05, 0) is 85.8 Å². The van der Waals surface area contributed by atoms with Crippen LogP contribution in [-0.4, -0.2) is 69.5 Å². The minimum atomic E-state index is -1.01. The highest BCUT2D eigenvalue weighted by atomic mass is 32.1. The number of carboxylic acid groups (broad SMARTS) is 1. The van der Waals surface area contributed by atoms with Gasteiger partial charge in [0.2, 0.25) is 5.91 Å². The Morgan fingerprint density at radius 2 is 1.56 bits per heavy atom. The highest BCUT2D eigenvalue weighted by Gasteiger charge is 2.37. The van der Waals surface area contributed by atoms with Crippen molar-refractivity contribution in [3.05, 3.63) is 64.1 Å². The van der Waals surface area contributed by atoms with Gasteiger partial charge in [-0.3, -0.25) is 9.59 Å². The predicted octanol–water partition coefficient (Wildman–Crippen LogP) is 8.13. The maximum absolute atomic E-state index is 14.0. The van der Waals surface area contributed by atoms with Gasteiger partial charge in [0.15, 0.2) is 5.82 Å². The van der Waals surface area contributed by atoms with Crippen LogP contribution in [0.25, 0.3) is 11.4 Å². The van der Waals surface area contributed by atoms with Gasteiger partial charge in [0, 0.05) is 36.5 Å². The number of piperidine rings is 2. The number of nitrogens with one attached hydrogen (secondary N) is 1. The van der Waals surface area contributed by atoms with Crippen molar-refractivity contribution in [1.29, 1.82) is 0 Å². The summed E-state index contributed by atoms with van der Waals surface area (Å²) in [6.45, 7) is 11.1. The molecule has 10 heteroatoms. The van der Waals surface area contributed by atoms with Crippen LogP contribution in [0.15, 0.2) is 48.8 Å². The van der Waals surface area contributed by atoms with Crippen molar-refractivity contribution >= 4 is 34.8 Å². The topological polar surface area (TPSA) is 116 Å². The summed E-state index contributed by atoms with van der Waals surface area (Å²) >= 11 is 1.42. The van der Waals surface area contributed by atoms with Crippen molar-refractivity contribution in [3.8, 4) is 11.4 Å². The van der Waals surface area contributed by atoms with E-state index in [1.807, 2.05) is 42.7 Å². The molecule has 2 atom stereocenters. The van der Waals surface area contributed by atoms with E-state index in [-0.39, 0.29) is 23.7 Å². The maximum Gasteiger partial charge on any atom is 0.326 e. The molecule has 1 aromatic carbocycles. The number of benzene rings is 1. The Hall–Kier alpha value is -3.79. The summed E-state index contributed by atoms with van der Waals surface area (Å²) in [7, 11) is 0. The Morgan fingerprint density at radius 1 is 0.885 bits per heavy atom. The molecule has 52 heavy (non-hydrogen) atoms. The molecule has 1 saturated carbocycles. The molecular weight excluding hydrogens is 671 g/mol. The average Bonchev–Trinajstić information content (AvgIpc) is 3.67. The number of carbonyl (C=O) groups is 3. The molecule has 0 radical (unpaired) electrons. The van der Waals surface area contributed by atoms with Gasteiger partial charge in [0.25, 0.3) is 5.91 Å². The fourth-order valence-electron chi connectivity index (χ4n) is 8.59. The lowest BCUT2D eigenvalue weighted by Gasteiger charge is -2.39. The fraction of sp³-hybridized carbons (Fsp3) is 0.595. The fourth-order valence-corrected chi connectivity index (χ4v) is 9.56. The Morgan fingerprint density at radius 3 is 2.17 bits per heavy atom. The summed E-state index contributed by atoms with van der Waals surface area (Å²) in [5, 5.41) is 12.9. The summed E-state index contributed by atoms with van der Waals surface area (Å²) in [6.07, 6.45) is 16.9. The number of likely N-dealkylation sites (tertiary alicyclic amines) is 1. The molecule has 3 aromatic rings. The van der Waals surface area contributed by atoms with Crippen LogP contribution < -0.4 is 10.2 Å². The third-order valence-electron chi connectivity index (χ3n) is 11.7. The Balaban J connectivity index is 1.09. The molecule has 9 nitrogen and oxygen atoms in total. The largest absolute Gasteiger partial charge is 0.480 e. The summed E-state index contributed by atoms with van der Waals surface area (Å²) in [6, 6.07) is 9.73. The van der Waals surface area contributed by atoms with Crippen molar-refractivity contribution in [2.45, 2.75) is 122 Å². The smallest absolute Gasteiger partial charge is 0.326 e. The van der Waals surface area contributed by atoms with Gasteiger partial charge < -0.3 is 20.2 Å². The van der Waals surface area contributed by atoms with Gasteiger partial charge >= 0.3 is 5.97 Å². The predicted molar refractivity (Wildman–Crippen MR) is 208 cm³/mol. The Kier molecular flexibility index (Phi) is 12.3. The van der Waals surface area contributed by atoms with Gasteiger partial charge in [0.1, 0.15) is 12.1 Å². The second kappa shape index (κ2) is 16.9. The van der Waals surface area contributed by atoms with Crippen LogP contribution in [0.3, 0.4) is 0 Å². The highest BCUT2D eigenvalue weighted by Crippen LogP contribution is 2.40. The molecular formula is C42H57N5O4S. The van der Waals surface area contributed by atoms with E-state index >= 15 is 0 Å². The van der Waals surface area contributed by atoms with E-state index in [1.54, 1.807) is 6.07 Å². The van der Waals surface area contributed by atoms with Crippen LogP contribution in [0, 0.1) is 17.8 Å². The summed E-state index contributed by atoms with van der Waals surface area (Å²) in [5.74, 6) is 1.64. The molecule has 280 valence electrons. The minimum absolute atomic E-state index is 0.101. The number of hydrogen-bond donors (Lipinski definition) is 2. The second-order valence-corrected chi connectivity index (χ2v) is 17.5. The molecule has 3 fully saturated rings. The molecule has 6 rings (SSSR count). The Labute approximate surface area is 313 Å². The van der Waals surface area contributed by atoms with E-state index in [1.165, 1.54) is 67.6 Å². The second-order valence-electron chi connectivity index (χ2n) is 16.4. The first-order valence-corrected chi connectivity index (χ1v) is 20.4. The van der Waals surface area contributed by atoms with Crippen LogP contribution in [0.5, 0.6) is 0 Å². The SMILES string of the molecule is CCC[C@H]1CC[C@H](C2CCN(c3cnc(-c4ccc(C[C@H](NC(=O)c5ccc(C(C)(C)C)s5)C(=O)N5CCCC[C@H]5C(=O)O)cc4)nc3)CC2)CC1. The third kappa shape index (κ3) is 9.22. The lowest BCUT2D eigenvalue weighted by Crippen LogP contribution is -2.56. The molecule has 2 saturated heterocycles. The number of carbonyl (C=O) groups excluding carboxylic acids is 2. The molecule has 0 bridgehead atoms. The number of aromatic nitrogens is 2. The molecule has 0 unspecified atom stereocenters. The highest BCUT2D eigenvalue weighted by molar-refractivity contribution is 7.14. The number of aliphatic carboxylic acids is 1. The summed E-state index contributed by atoms with van der Waals surface area (Å²) < 4.78 is 0. The number of rotatable bonds is 11. The van der Waals surface area contributed by atoms with Gasteiger partial charge in [0.05, 0.1) is 23.0 Å². The van der Waals surface area contributed by atoms with Crippen molar-refractivity contribution in [3.63, 3.8) is 0 Å². The van der Waals surface area contributed by atoms with Crippen LogP contribution in [0.1, 0.15) is 118 Å². The van der Waals surface area contributed by atoms with E-state index < -0.39 is 18.1 Å². The summed E-state index contributed by atoms with van der Waals surface area (Å²) in [5.41, 5.74) is 2.69. The summed E-state index contributed by atoms with van der Waals surface area (Å²) in [4.78, 5) is 54.5. The molecule has 2 aromatic heterocycles. The normalized spacial score (nSPS) is 22.2. The number of carboxylic acids is 1. The van der Waals surface area contributed by atoms with E-state index in [0.717, 1.165) is 65.4 Å². The third-order valence-corrected chi connectivity index (χ3v) is 13.2. The van der Waals surface area contributed by atoms with Gasteiger partial charge in [-0.15, -0.1) is 11.3 Å². The van der Waals surface area contributed by atoms with E-state index in [0.29, 0.717) is 23.7 Å². The van der Waals surface area contributed by atoms with Crippen LogP contribution in [0.4, 0.5) is 5.69 Å². The van der Waals surface area contributed by atoms with Gasteiger partial charge in [-0.1, -0.05) is 77.6 Å². The first-order chi connectivity index (χ1) is 25.0.